The molecule has 0 fully saturated rings. The van der Waals surface area contributed by atoms with E-state index in [0.717, 1.165) is 6.26 Å². The molecule has 1 rings (SSSR count). The number of hydrogen-bond acceptors (Lipinski definition) is 4. The van der Waals surface area contributed by atoms with Gasteiger partial charge in [0, 0.05) is 20.4 Å². The summed E-state index contributed by atoms with van der Waals surface area (Å²) in [6, 6.07) is 4.04. The molecule has 6 heteroatoms. The number of carbonyl (C=O) groups is 1. The maximum atomic E-state index is 11.5. The molecule has 0 amide bonds. The lowest BCUT2D eigenvalue weighted by Crippen LogP contribution is -2.14. The van der Waals surface area contributed by atoms with Crippen LogP contribution in [0.1, 0.15) is 10.4 Å². The molecule has 0 atom stereocenters. The highest BCUT2D eigenvalue weighted by molar-refractivity contribution is 7.90. The normalized spacial score (nSPS) is 11.2. The Hall–Kier alpha value is -1.56. The zero-order valence-corrected chi connectivity index (χ0v) is 10.1. The predicted molar refractivity (Wildman–Crippen MR) is 60.8 cm³/mol. The van der Waals surface area contributed by atoms with E-state index >= 15 is 0 Å². The molecule has 0 radical (unpaired) electrons. The third kappa shape index (κ3) is 2.52. The number of aromatic carboxylic acids is 1. The number of nitrogens with zero attached hydrogens (tertiary/aromatic N) is 1. The van der Waals surface area contributed by atoms with Crippen molar-refractivity contribution in [2.24, 2.45) is 0 Å². The van der Waals surface area contributed by atoms with Crippen molar-refractivity contribution in [2.45, 2.75) is 4.90 Å². The van der Waals surface area contributed by atoms with Crippen molar-refractivity contribution in [1.29, 1.82) is 0 Å². The van der Waals surface area contributed by atoms with E-state index in [0.29, 0.717) is 5.69 Å². The van der Waals surface area contributed by atoms with Gasteiger partial charge in [-0.25, -0.2) is 13.2 Å². The Kier molecular flexibility index (Phi) is 3.23. The minimum Gasteiger partial charge on any atom is -0.478 e. The standard InChI is InChI=1S/C10H13NO4S/c1-11(2)8-5-4-7(10(12)13)6-9(8)16(3,14)15/h4-6H,1-3H3,(H,12,13). The highest BCUT2D eigenvalue weighted by Crippen LogP contribution is 2.24. The summed E-state index contributed by atoms with van der Waals surface area (Å²) < 4.78 is 23.0. The third-order valence-electron chi connectivity index (χ3n) is 2.09. The number of anilines is 1. The number of carboxylic acid groups (broad SMARTS) is 1. The van der Waals surface area contributed by atoms with Crippen LogP contribution in [0.5, 0.6) is 0 Å². The zero-order valence-electron chi connectivity index (χ0n) is 9.26. The van der Waals surface area contributed by atoms with Crippen molar-refractivity contribution in [1.82, 2.24) is 0 Å². The molecule has 0 aliphatic rings. The molecule has 1 aromatic carbocycles. The van der Waals surface area contributed by atoms with Gasteiger partial charge in [0.25, 0.3) is 0 Å². The summed E-state index contributed by atoms with van der Waals surface area (Å²) in [6.45, 7) is 0. The van der Waals surface area contributed by atoms with Gasteiger partial charge in [0.1, 0.15) is 0 Å². The molecular formula is C10H13NO4S. The molecule has 0 aromatic heterocycles. The van der Waals surface area contributed by atoms with Gasteiger partial charge in [-0.05, 0) is 18.2 Å². The van der Waals surface area contributed by atoms with E-state index in [1.165, 1.54) is 18.2 Å². The monoisotopic (exact) mass is 243 g/mol. The summed E-state index contributed by atoms with van der Waals surface area (Å²) in [7, 11) is -0.0418. The van der Waals surface area contributed by atoms with Crippen LogP contribution in [0, 0.1) is 0 Å². The molecule has 0 heterocycles. The van der Waals surface area contributed by atoms with Crippen LogP contribution in [-0.2, 0) is 9.84 Å². The van der Waals surface area contributed by atoms with Crippen LogP contribution in [0.2, 0.25) is 0 Å². The van der Waals surface area contributed by atoms with Gasteiger partial charge in [0.2, 0.25) is 0 Å². The lowest BCUT2D eigenvalue weighted by Gasteiger charge is -2.16. The zero-order chi connectivity index (χ0) is 12.5. The highest BCUT2D eigenvalue weighted by atomic mass is 32.2. The van der Waals surface area contributed by atoms with Crippen LogP contribution in [0.3, 0.4) is 0 Å². The molecule has 0 saturated carbocycles. The highest BCUT2D eigenvalue weighted by Gasteiger charge is 2.17. The fourth-order valence-corrected chi connectivity index (χ4v) is 2.29. The van der Waals surface area contributed by atoms with E-state index in [9.17, 15) is 13.2 Å². The van der Waals surface area contributed by atoms with Gasteiger partial charge < -0.3 is 10.0 Å². The Balaban J connectivity index is 3.51. The van der Waals surface area contributed by atoms with Crippen molar-refractivity contribution in [3.63, 3.8) is 0 Å². The van der Waals surface area contributed by atoms with Crippen LogP contribution >= 0.6 is 0 Å². The number of carboxylic acids is 1. The Morgan fingerprint density at radius 2 is 1.88 bits per heavy atom. The summed E-state index contributed by atoms with van der Waals surface area (Å²) in [5.41, 5.74) is 0.443. The number of rotatable bonds is 3. The van der Waals surface area contributed by atoms with Crippen LogP contribution in [-0.4, -0.2) is 39.8 Å². The molecule has 0 spiro atoms. The van der Waals surface area contributed by atoms with E-state index in [2.05, 4.69) is 0 Å². The van der Waals surface area contributed by atoms with E-state index in [1.807, 2.05) is 0 Å². The van der Waals surface area contributed by atoms with E-state index in [1.54, 1.807) is 19.0 Å². The first kappa shape index (κ1) is 12.5. The number of sulfone groups is 1. The molecule has 0 unspecified atom stereocenters. The molecular weight excluding hydrogens is 230 g/mol. The molecule has 0 aliphatic heterocycles. The summed E-state index contributed by atoms with van der Waals surface area (Å²) in [5.74, 6) is -1.14. The topological polar surface area (TPSA) is 74.7 Å². The van der Waals surface area contributed by atoms with Gasteiger partial charge >= 0.3 is 5.97 Å². The molecule has 0 aliphatic carbocycles. The first-order valence-electron chi connectivity index (χ1n) is 4.48. The average molecular weight is 243 g/mol. The Labute approximate surface area is 94.2 Å². The lowest BCUT2D eigenvalue weighted by atomic mass is 10.2. The lowest BCUT2D eigenvalue weighted by molar-refractivity contribution is 0.0696. The largest absolute Gasteiger partial charge is 0.478 e. The minimum absolute atomic E-state index is 0.0254. The second-order valence-electron chi connectivity index (χ2n) is 3.65. The number of hydrogen-bond donors (Lipinski definition) is 1. The summed E-state index contributed by atoms with van der Waals surface area (Å²) in [5, 5.41) is 8.80. The molecule has 1 N–H and O–H groups in total. The molecule has 88 valence electrons. The molecule has 16 heavy (non-hydrogen) atoms. The first-order valence-corrected chi connectivity index (χ1v) is 6.37. The van der Waals surface area contributed by atoms with Crippen molar-refractivity contribution in [3.05, 3.63) is 23.8 Å². The average Bonchev–Trinajstić information content (AvgIpc) is 2.15. The SMILES string of the molecule is CN(C)c1ccc(C(=O)O)cc1S(C)(=O)=O. The van der Waals surface area contributed by atoms with Crippen molar-refractivity contribution >= 4 is 21.5 Å². The van der Waals surface area contributed by atoms with Crippen LogP contribution in [0.4, 0.5) is 5.69 Å². The minimum atomic E-state index is -3.44. The predicted octanol–water partition coefficient (Wildman–Crippen LogP) is 0.854. The molecule has 0 bridgehead atoms. The van der Waals surface area contributed by atoms with E-state index in [-0.39, 0.29) is 10.5 Å². The molecule has 5 nitrogen and oxygen atoms in total. The summed E-state index contributed by atoms with van der Waals surface area (Å²) >= 11 is 0. The van der Waals surface area contributed by atoms with Crippen LogP contribution in [0.15, 0.2) is 23.1 Å². The van der Waals surface area contributed by atoms with Crippen LogP contribution < -0.4 is 4.90 Å². The summed E-state index contributed by atoms with van der Waals surface area (Å²) in [4.78, 5) is 12.4. The fraction of sp³-hybridized carbons (Fsp3) is 0.300. The molecule has 1 aromatic rings. The van der Waals surface area contributed by atoms with E-state index in [4.69, 9.17) is 5.11 Å². The maximum Gasteiger partial charge on any atom is 0.335 e. The van der Waals surface area contributed by atoms with Crippen molar-refractivity contribution in [2.75, 3.05) is 25.3 Å². The van der Waals surface area contributed by atoms with Gasteiger partial charge in [-0.1, -0.05) is 0 Å². The smallest absolute Gasteiger partial charge is 0.335 e. The van der Waals surface area contributed by atoms with Crippen molar-refractivity contribution in [3.8, 4) is 0 Å². The third-order valence-corrected chi connectivity index (χ3v) is 3.21. The Morgan fingerprint density at radius 1 is 1.31 bits per heavy atom. The van der Waals surface area contributed by atoms with Crippen molar-refractivity contribution < 1.29 is 18.3 Å². The van der Waals surface area contributed by atoms with Gasteiger partial charge in [-0.15, -0.1) is 0 Å². The maximum absolute atomic E-state index is 11.5. The quantitative estimate of drug-likeness (QED) is 0.852. The van der Waals surface area contributed by atoms with Gasteiger partial charge in [0.05, 0.1) is 16.1 Å². The first-order chi connectivity index (χ1) is 7.23. The number of benzene rings is 1. The van der Waals surface area contributed by atoms with Gasteiger partial charge in [0.15, 0.2) is 9.84 Å². The van der Waals surface area contributed by atoms with Gasteiger partial charge in [-0.2, -0.15) is 0 Å². The van der Waals surface area contributed by atoms with E-state index < -0.39 is 15.8 Å². The second-order valence-corrected chi connectivity index (χ2v) is 5.64. The van der Waals surface area contributed by atoms with Gasteiger partial charge in [-0.3, -0.25) is 0 Å². The second kappa shape index (κ2) is 4.13. The Bertz CT molecular complexity index is 520. The van der Waals surface area contributed by atoms with Crippen LogP contribution in [0.25, 0.3) is 0 Å². The fourth-order valence-electron chi connectivity index (χ4n) is 1.31. The molecule has 0 saturated heterocycles. The summed E-state index contributed by atoms with van der Waals surface area (Å²) in [6.07, 6.45) is 1.06. The Morgan fingerprint density at radius 3 is 2.25 bits per heavy atom.